The fourth-order valence-corrected chi connectivity index (χ4v) is 2.34. The van der Waals surface area contributed by atoms with Crippen LogP contribution in [0.4, 0.5) is 0 Å². The van der Waals surface area contributed by atoms with Crippen LogP contribution in [0.15, 0.2) is 28.7 Å². The molecule has 0 bridgehead atoms. The summed E-state index contributed by atoms with van der Waals surface area (Å²) in [7, 11) is 1.73. The van der Waals surface area contributed by atoms with Crippen molar-refractivity contribution in [3.05, 3.63) is 34.3 Å². The molecular formula is C13H20BrNO. The number of nitrogens with one attached hydrogen (secondary N) is 1. The van der Waals surface area contributed by atoms with Crippen molar-refractivity contribution >= 4 is 15.9 Å². The molecule has 0 fully saturated rings. The van der Waals surface area contributed by atoms with Gasteiger partial charge in [0.2, 0.25) is 0 Å². The molecule has 3 heteroatoms. The Kier molecular flexibility index (Phi) is 6.69. The van der Waals surface area contributed by atoms with Gasteiger partial charge in [0.05, 0.1) is 6.61 Å². The predicted molar refractivity (Wildman–Crippen MR) is 71.9 cm³/mol. The molecular weight excluding hydrogens is 266 g/mol. The molecule has 0 aromatic heterocycles. The lowest BCUT2D eigenvalue weighted by molar-refractivity contribution is 0.199. The van der Waals surface area contributed by atoms with E-state index in [-0.39, 0.29) is 0 Å². The van der Waals surface area contributed by atoms with Crippen LogP contribution >= 0.6 is 15.9 Å². The van der Waals surface area contributed by atoms with E-state index in [1.807, 2.05) is 0 Å². The standard InChI is InChI=1S/C13H20BrNO/c1-3-11(10-15-8-9-16-2)12-6-4-5-7-13(12)14/h4-7,11,15H,3,8-10H2,1-2H3. The molecule has 0 aliphatic carbocycles. The fourth-order valence-electron chi connectivity index (χ4n) is 1.73. The average Bonchev–Trinajstić information content (AvgIpc) is 2.31. The Morgan fingerprint density at radius 2 is 2.12 bits per heavy atom. The van der Waals surface area contributed by atoms with Crippen LogP contribution in [-0.2, 0) is 4.74 Å². The van der Waals surface area contributed by atoms with Crippen molar-refractivity contribution in [1.82, 2.24) is 5.32 Å². The quantitative estimate of drug-likeness (QED) is 0.777. The summed E-state index contributed by atoms with van der Waals surface area (Å²) in [5.41, 5.74) is 1.38. The Hall–Kier alpha value is -0.380. The van der Waals surface area contributed by atoms with Crippen molar-refractivity contribution in [2.45, 2.75) is 19.3 Å². The third-order valence-corrected chi connectivity index (χ3v) is 3.43. The highest BCUT2D eigenvalue weighted by Crippen LogP contribution is 2.26. The van der Waals surface area contributed by atoms with E-state index < -0.39 is 0 Å². The summed E-state index contributed by atoms with van der Waals surface area (Å²) in [6, 6.07) is 8.44. The Bertz CT molecular complexity index is 304. The lowest BCUT2D eigenvalue weighted by Crippen LogP contribution is -2.25. The van der Waals surface area contributed by atoms with E-state index in [0.29, 0.717) is 5.92 Å². The second-order valence-electron chi connectivity index (χ2n) is 3.82. The second kappa shape index (κ2) is 7.82. The smallest absolute Gasteiger partial charge is 0.0587 e. The van der Waals surface area contributed by atoms with Gasteiger partial charge < -0.3 is 10.1 Å². The SMILES string of the molecule is CCC(CNCCOC)c1ccccc1Br. The zero-order chi connectivity index (χ0) is 11.8. The molecule has 90 valence electrons. The van der Waals surface area contributed by atoms with Crippen LogP contribution in [0, 0.1) is 0 Å². The van der Waals surface area contributed by atoms with Crippen molar-refractivity contribution in [2.24, 2.45) is 0 Å². The number of benzene rings is 1. The van der Waals surface area contributed by atoms with Crippen LogP contribution in [0.5, 0.6) is 0 Å². The van der Waals surface area contributed by atoms with Gasteiger partial charge in [-0.15, -0.1) is 0 Å². The van der Waals surface area contributed by atoms with E-state index in [1.54, 1.807) is 7.11 Å². The second-order valence-corrected chi connectivity index (χ2v) is 4.68. The Labute approximate surface area is 107 Å². The van der Waals surface area contributed by atoms with Gasteiger partial charge in [-0.3, -0.25) is 0 Å². The van der Waals surface area contributed by atoms with Gasteiger partial charge in [0.1, 0.15) is 0 Å². The van der Waals surface area contributed by atoms with Crippen LogP contribution in [0.25, 0.3) is 0 Å². The minimum atomic E-state index is 0.562. The number of ether oxygens (including phenoxy) is 1. The number of rotatable bonds is 7. The lowest BCUT2D eigenvalue weighted by Gasteiger charge is -2.17. The molecule has 2 nitrogen and oxygen atoms in total. The number of halogens is 1. The van der Waals surface area contributed by atoms with Crippen LogP contribution in [0.2, 0.25) is 0 Å². The summed E-state index contributed by atoms with van der Waals surface area (Å²) in [5.74, 6) is 0.562. The largest absolute Gasteiger partial charge is 0.383 e. The third-order valence-electron chi connectivity index (χ3n) is 2.71. The normalized spacial score (nSPS) is 12.7. The molecule has 1 unspecified atom stereocenters. The Balaban J connectivity index is 2.51. The van der Waals surface area contributed by atoms with Gasteiger partial charge in [-0.2, -0.15) is 0 Å². The summed E-state index contributed by atoms with van der Waals surface area (Å²) in [6.45, 7) is 4.91. The van der Waals surface area contributed by atoms with Crippen LogP contribution in [0.1, 0.15) is 24.8 Å². The molecule has 1 aromatic rings. The van der Waals surface area contributed by atoms with Gasteiger partial charge in [0.25, 0.3) is 0 Å². The number of methoxy groups -OCH3 is 1. The maximum atomic E-state index is 5.01. The first-order valence-electron chi connectivity index (χ1n) is 5.73. The molecule has 1 N–H and O–H groups in total. The molecule has 1 rings (SSSR count). The monoisotopic (exact) mass is 285 g/mol. The highest BCUT2D eigenvalue weighted by atomic mass is 79.9. The summed E-state index contributed by atoms with van der Waals surface area (Å²) in [4.78, 5) is 0. The molecule has 0 aliphatic rings. The van der Waals surface area contributed by atoms with Crippen molar-refractivity contribution in [3.8, 4) is 0 Å². The van der Waals surface area contributed by atoms with Crippen LogP contribution < -0.4 is 5.32 Å². The summed E-state index contributed by atoms with van der Waals surface area (Å²) in [6.07, 6.45) is 1.14. The van der Waals surface area contributed by atoms with E-state index in [2.05, 4.69) is 52.4 Å². The summed E-state index contributed by atoms with van der Waals surface area (Å²) < 4.78 is 6.22. The molecule has 0 heterocycles. The van der Waals surface area contributed by atoms with Gasteiger partial charge >= 0.3 is 0 Å². The number of hydrogen-bond acceptors (Lipinski definition) is 2. The van der Waals surface area contributed by atoms with Gasteiger partial charge in [-0.05, 0) is 24.0 Å². The Morgan fingerprint density at radius 1 is 1.38 bits per heavy atom. The zero-order valence-electron chi connectivity index (χ0n) is 10.0. The summed E-state index contributed by atoms with van der Waals surface area (Å²) >= 11 is 3.61. The molecule has 0 spiro atoms. The van der Waals surface area contributed by atoms with E-state index in [4.69, 9.17) is 4.74 Å². The highest BCUT2D eigenvalue weighted by molar-refractivity contribution is 9.10. The van der Waals surface area contributed by atoms with Gasteiger partial charge in [-0.1, -0.05) is 41.1 Å². The van der Waals surface area contributed by atoms with Gasteiger partial charge in [0, 0.05) is 24.7 Å². The molecule has 0 amide bonds. The van der Waals surface area contributed by atoms with E-state index in [1.165, 1.54) is 10.0 Å². The minimum absolute atomic E-state index is 0.562. The van der Waals surface area contributed by atoms with Crippen molar-refractivity contribution in [3.63, 3.8) is 0 Å². The van der Waals surface area contributed by atoms with Gasteiger partial charge in [-0.25, -0.2) is 0 Å². The van der Waals surface area contributed by atoms with Gasteiger partial charge in [0.15, 0.2) is 0 Å². The average molecular weight is 286 g/mol. The number of hydrogen-bond donors (Lipinski definition) is 1. The zero-order valence-corrected chi connectivity index (χ0v) is 11.6. The van der Waals surface area contributed by atoms with E-state index in [9.17, 15) is 0 Å². The maximum Gasteiger partial charge on any atom is 0.0587 e. The lowest BCUT2D eigenvalue weighted by atomic mass is 9.96. The molecule has 16 heavy (non-hydrogen) atoms. The van der Waals surface area contributed by atoms with Crippen LogP contribution in [-0.4, -0.2) is 26.8 Å². The van der Waals surface area contributed by atoms with E-state index in [0.717, 1.165) is 26.1 Å². The van der Waals surface area contributed by atoms with E-state index >= 15 is 0 Å². The topological polar surface area (TPSA) is 21.3 Å². The molecule has 1 aromatic carbocycles. The Morgan fingerprint density at radius 3 is 2.75 bits per heavy atom. The van der Waals surface area contributed by atoms with Crippen LogP contribution in [0.3, 0.4) is 0 Å². The van der Waals surface area contributed by atoms with Crippen molar-refractivity contribution in [2.75, 3.05) is 26.8 Å². The first-order valence-corrected chi connectivity index (χ1v) is 6.53. The summed E-state index contributed by atoms with van der Waals surface area (Å²) in [5, 5.41) is 3.42. The molecule has 0 aliphatic heterocycles. The maximum absolute atomic E-state index is 5.01. The third kappa shape index (κ3) is 4.24. The first-order chi connectivity index (χ1) is 7.79. The predicted octanol–water partition coefficient (Wildman–Crippen LogP) is 3.18. The highest BCUT2D eigenvalue weighted by Gasteiger charge is 2.11. The molecule has 0 saturated heterocycles. The molecule has 1 atom stereocenters. The molecule has 0 radical (unpaired) electrons. The molecule has 0 saturated carbocycles. The van der Waals surface area contributed by atoms with Crippen molar-refractivity contribution in [1.29, 1.82) is 0 Å². The first kappa shape index (κ1) is 13.7. The van der Waals surface area contributed by atoms with Crippen molar-refractivity contribution < 1.29 is 4.74 Å². The minimum Gasteiger partial charge on any atom is -0.383 e. The fraction of sp³-hybridized carbons (Fsp3) is 0.538.